The van der Waals surface area contributed by atoms with Crippen LogP contribution in [0.1, 0.15) is 29.1 Å². The Morgan fingerprint density at radius 3 is 2.58 bits per heavy atom. The molecule has 8 nitrogen and oxygen atoms in total. The van der Waals surface area contributed by atoms with Crippen molar-refractivity contribution in [2.24, 2.45) is 0 Å². The summed E-state index contributed by atoms with van der Waals surface area (Å²) in [6.07, 6.45) is 1.73. The maximum atomic E-state index is 12.7. The second-order valence-electron chi connectivity index (χ2n) is 8.03. The number of benzene rings is 3. The van der Waals surface area contributed by atoms with E-state index in [2.05, 4.69) is 27.4 Å². The third kappa shape index (κ3) is 5.75. The lowest BCUT2D eigenvalue weighted by Gasteiger charge is -2.15. The molecule has 1 heterocycles. The molecular weight excluding hydrogens is 474 g/mol. The van der Waals surface area contributed by atoms with Gasteiger partial charge < -0.3 is 19.9 Å². The van der Waals surface area contributed by atoms with Gasteiger partial charge >= 0.3 is 0 Å². The highest BCUT2D eigenvalue weighted by Gasteiger charge is 2.20. The largest absolute Gasteiger partial charge is 0.497 e. The predicted molar refractivity (Wildman–Crippen MR) is 142 cm³/mol. The van der Waals surface area contributed by atoms with E-state index in [1.54, 1.807) is 37.5 Å². The smallest absolute Gasteiger partial charge is 0.251 e. The normalized spacial score (nSPS) is 11.6. The van der Waals surface area contributed by atoms with Crippen molar-refractivity contribution in [2.45, 2.75) is 24.7 Å². The Morgan fingerprint density at radius 2 is 1.83 bits per heavy atom. The average Bonchev–Trinajstić information content (AvgIpc) is 3.30. The van der Waals surface area contributed by atoms with Gasteiger partial charge in [-0.2, -0.15) is 0 Å². The van der Waals surface area contributed by atoms with Crippen LogP contribution >= 0.6 is 11.8 Å². The number of thioether (sulfide) groups is 1. The van der Waals surface area contributed by atoms with Gasteiger partial charge in [0.1, 0.15) is 5.75 Å². The van der Waals surface area contributed by atoms with Crippen molar-refractivity contribution in [3.63, 3.8) is 0 Å². The number of aromatic nitrogens is 3. The van der Waals surface area contributed by atoms with Crippen LogP contribution in [0.3, 0.4) is 0 Å². The van der Waals surface area contributed by atoms with E-state index < -0.39 is 6.04 Å². The number of rotatable bonds is 10. The molecule has 2 N–H and O–H groups in total. The van der Waals surface area contributed by atoms with Crippen molar-refractivity contribution in [1.29, 1.82) is 0 Å². The van der Waals surface area contributed by atoms with Gasteiger partial charge in [0.05, 0.1) is 18.9 Å². The first-order chi connectivity index (χ1) is 17.5. The maximum absolute atomic E-state index is 12.7. The molecule has 36 heavy (non-hydrogen) atoms. The quantitative estimate of drug-likeness (QED) is 0.238. The fourth-order valence-electron chi connectivity index (χ4n) is 3.77. The van der Waals surface area contributed by atoms with Gasteiger partial charge in [0.2, 0.25) is 5.91 Å². The molecule has 1 unspecified atom stereocenters. The highest BCUT2D eigenvalue weighted by Crippen LogP contribution is 2.25. The fraction of sp³-hybridized carbons (Fsp3) is 0.185. The molecule has 1 aromatic heterocycles. The van der Waals surface area contributed by atoms with Crippen molar-refractivity contribution in [1.82, 2.24) is 20.1 Å². The molecule has 184 valence electrons. The van der Waals surface area contributed by atoms with Crippen LogP contribution in [0.25, 0.3) is 10.8 Å². The number of amides is 2. The van der Waals surface area contributed by atoms with Gasteiger partial charge in [-0.25, -0.2) is 0 Å². The summed E-state index contributed by atoms with van der Waals surface area (Å²) in [5.41, 5.74) is 1.28. The SMILES string of the molecule is C=CCn1c(SCC(=O)Nc2cccc3ccccc23)nnc1C(C)NC(=O)c1ccc(OC)cc1. The Hall–Kier alpha value is -4.11. The van der Waals surface area contributed by atoms with Gasteiger partial charge in [-0.15, -0.1) is 16.8 Å². The van der Waals surface area contributed by atoms with Crippen molar-refractivity contribution >= 4 is 40.0 Å². The number of hydrogen-bond donors (Lipinski definition) is 2. The highest BCUT2D eigenvalue weighted by atomic mass is 32.2. The summed E-state index contributed by atoms with van der Waals surface area (Å²) in [5.74, 6) is 1.03. The minimum atomic E-state index is -0.411. The zero-order valence-electron chi connectivity index (χ0n) is 20.1. The Kier molecular flexibility index (Phi) is 8.02. The number of carbonyl (C=O) groups is 2. The molecule has 0 aliphatic rings. The van der Waals surface area contributed by atoms with Crippen LogP contribution in [0.4, 0.5) is 5.69 Å². The molecule has 3 aromatic carbocycles. The van der Waals surface area contributed by atoms with E-state index in [0.717, 1.165) is 16.5 Å². The Morgan fingerprint density at radius 1 is 1.08 bits per heavy atom. The zero-order chi connectivity index (χ0) is 25.5. The number of anilines is 1. The number of allylic oxidation sites excluding steroid dienone is 1. The van der Waals surface area contributed by atoms with Crippen LogP contribution < -0.4 is 15.4 Å². The van der Waals surface area contributed by atoms with Crippen molar-refractivity contribution < 1.29 is 14.3 Å². The first-order valence-corrected chi connectivity index (χ1v) is 12.4. The van der Waals surface area contributed by atoms with Crippen molar-refractivity contribution in [3.8, 4) is 5.75 Å². The second kappa shape index (κ2) is 11.5. The molecule has 0 spiro atoms. The minimum absolute atomic E-state index is 0.146. The summed E-state index contributed by atoms with van der Waals surface area (Å²) < 4.78 is 6.99. The monoisotopic (exact) mass is 501 g/mol. The topological polar surface area (TPSA) is 98.1 Å². The summed E-state index contributed by atoms with van der Waals surface area (Å²) in [6, 6.07) is 20.2. The van der Waals surface area contributed by atoms with Crippen molar-refractivity contribution in [3.05, 3.63) is 90.8 Å². The maximum Gasteiger partial charge on any atom is 0.251 e. The highest BCUT2D eigenvalue weighted by molar-refractivity contribution is 7.99. The van der Waals surface area contributed by atoms with Gasteiger partial charge in [-0.05, 0) is 42.6 Å². The molecule has 0 radical (unpaired) electrons. The second-order valence-corrected chi connectivity index (χ2v) is 8.97. The molecule has 0 aliphatic carbocycles. The number of nitrogens with zero attached hydrogens (tertiary/aromatic N) is 3. The molecule has 0 fully saturated rings. The predicted octanol–water partition coefficient (Wildman–Crippen LogP) is 4.85. The van der Waals surface area contributed by atoms with Gasteiger partial charge in [0.25, 0.3) is 5.91 Å². The Bertz CT molecular complexity index is 1380. The third-order valence-electron chi connectivity index (χ3n) is 5.54. The summed E-state index contributed by atoms with van der Waals surface area (Å²) in [6.45, 7) is 6.10. The molecule has 0 bridgehead atoms. The van der Waals surface area contributed by atoms with E-state index in [1.807, 2.05) is 54.0 Å². The van der Waals surface area contributed by atoms with E-state index in [4.69, 9.17) is 4.74 Å². The number of carbonyl (C=O) groups excluding carboxylic acids is 2. The first-order valence-electron chi connectivity index (χ1n) is 11.4. The molecule has 1 atom stereocenters. The van der Waals surface area contributed by atoms with Crippen LogP contribution in [0.15, 0.2) is 84.5 Å². The van der Waals surface area contributed by atoms with Gasteiger partial charge in [0.15, 0.2) is 11.0 Å². The van der Waals surface area contributed by atoms with Crippen LogP contribution in [0.2, 0.25) is 0 Å². The number of fused-ring (bicyclic) bond motifs is 1. The molecule has 0 saturated heterocycles. The van der Waals surface area contributed by atoms with Crippen LogP contribution in [0.5, 0.6) is 5.75 Å². The lowest BCUT2D eigenvalue weighted by atomic mass is 10.1. The number of hydrogen-bond acceptors (Lipinski definition) is 6. The summed E-state index contributed by atoms with van der Waals surface area (Å²) in [4.78, 5) is 25.4. The minimum Gasteiger partial charge on any atom is -0.497 e. The van der Waals surface area contributed by atoms with Crippen LogP contribution in [0, 0.1) is 0 Å². The van der Waals surface area contributed by atoms with E-state index >= 15 is 0 Å². The van der Waals surface area contributed by atoms with Gasteiger partial charge in [0, 0.05) is 23.2 Å². The Labute approximate surface area is 213 Å². The van der Waals surface area contributed by atoms with Crippen LogP contribution in [-0.2, 0) is 11.3 Å². The van der Waals surface area contributed by atoms with E-state index in [-0.39, 0.29) is 17.6 Å². The fourth-order valence-corrected chi connectivity index (χ4v) is 4.52. The molecule has 0 aliphatic heterocycles. The van der Waals surface area contributed by atoms with E-state index in [1.165, 1.54) is 11.8 Å². The lowest BCUT2D eigenvalue weighted by Crippen LogP contribution is -2.28. The number of nitrogens with one attached hydrogen (secondary N) is 2. The molecule has 2 amide bonds. The zero-order valence-corrected chi connectivity index (χ0v) is 20.9. The third-order valence-corrected chi connectivity index (χ3v) is 6.51. The van der Waals surface area contributed by atoms with Crippen molar-refractivity contribution in [2.75, 3.05) is 18.2 Å². The first kappa shape index (κ1) is 25.0. The standard InChI is InChI=1S/C27H27N5O3S/c1-4-16-32-25(18(2)28-26(34)20-12-14-21(35-3)15-13-20)30-31-27(32)36-17-24(33)29-23-11-7-9-19-8-5-6-10-22(19)23/h4-15,18H,1,16-17H2,2-3H3,(H,28,34)(H,29,33). The van der Waals surface area contributed by atoms with Gasteiger partial charge in [-0.3, -0.25) is 9.59 Å². The molecular formula is C27H27N5O3S. The number of methoxy groups -OCH3 is 1. The molecule has 4 aromatic rings. The summed E-state index contributed by atoms with van der Waals surface area (Å²) in [7, 11) is 1.58. The van der Waals surface area contributed by atoms with Crippen LogP contribution in [-0.4, -0.2) is 39.4 Å². The molecule has 0 saturated carbocycles. The summed E-state index contributed by atoms with van der Waals surface area (Å²) in [5, 5.41) is 17.1. The number of ether oxygens (including phenoxy) is 1. The Balaban J connectivity index is 1.42. The average molecular weight is 502 g/mol. The van der Waals surface area contributed by atoms with E-state index in [0.29, 0.717) is 28.8 Å². The van der Waals surface area contributed by atoms with Gasteiger partial charge in [-0.1, -0.05) is 54.2 Å². The van der Waals surface area contributed by atoms with E-state index in [9.17, 15) is 9.59 Å². The molecule has 4 rings (SSSR count). The lowest BCUT2D eigenvalue weighted by molar-refractivity contribution is -0.113. The summed E-state index contributed by atoms with van der Waals surface area (Å²) >= 11 is 1.28. The molecule has 9 heteroatoms.